The van der Waals surface area contributed by atoms with E-state index < -0.39 is 11.0 Å². The average Bonchev–Trinajstić information content (AvgIpc) is 2.80. The third-order valence-electron chi connectivity index (χ3n) is 5.49. The zero-order valence-electron chi connectivity index (χ0n) is 21.5. The van der Waals surface area contributed by atoms with E-state index in [2.05, 4.69) is 43.4 Å². The Labute approximate surface area is 207 Å². The predicted molar refractivity (Wildman–Crippen MR) is 137 cm³/mol. The van der Waals surface area contributed by atoms with E-state index in [1.54, 1.807) is 30.4 Å². The highest BCUT2D eigenvalue weighted by Gasteiger charge is 2.17. The zero-order valence-corrected chi connectivity index (χ0v) is 22.3. The summed E-state index contributed by atoms with van der Waals surface area (Å²) in [4.78, 5) is 14.9. The van der Waals surface area contributed by atoms with Gasteiger partial charge in [-0.3, -0.25) is 4.79 Å². The van der Waals surface area contributed by atoms with Crippen molar-refractivity contribution in [3.63, 3.8) is 0 Å². The number of hydrogen-bond donors (Lipinski definition) is 1. The molecule has 0 heterocycles. The van der Waals surface area contributed by atoms with Crippen LogP contribution in [0.5, 0.6) is 5.75 Å². The lowest BCUT2D eigenvalue weighted by Gasteiger charge is -2.20. The number of methoxy groups -OCH3 is 1. The average molecular weight is 490 g/mol. The van der Waals surface area contributed by atoms with Gasteiger partial charge in [0.15, 0.2) is 0 Å². The van der Waals surface area contributed by atoms with Crippen molar-refractivity contribution in [1.82, 2.24) is 14.5 Å². The quantitative estimate of drug-likeness (QED) is 0.437. The highest BCUT2D eigenvalue weighted by atomic mass is 32.2. The molecular weight excluding hydrogens is 450 g/mol. The van der Waals surface area contributed by atoms with E-state index in [0.29, 0.717) is 25.7 Å². The van der Waals surface area contributed by atoms with Crippen molar-refractivity contribution in [3.8, 4) is 5.75 Å². The number of amides is 1. The lowest BCUT2D eigenvalue weighted by molar-refractivity contribution is -0.135. The van der Waals surface area contributed by atoms with Gasteiger partial charge < -0.3 is 19.7 Å². The second kappa shape index (κ2) is 13.6. The Morgan fingerprint density at radius 3 is 2.21 bits per heavy atom. The van der Waals surface area contributed by atoms with Crippen molar-refractivity contribution in [2.24, 2.45) is 0 Å². The van der Waals surface area contributed by atoms with Gasteiger partial charge in [0.05, 0.1) is 18.6 Å². The third kappa shape index (κ3) is 8.51. The summed E-state index contributed by atoms with van der Waals surface area (Å²) in [7, 11) is 3.86. The Kier molecular flexibility index (Phi) is 11.2. The summed E-state index contributed by atoms with van der Waals surface area (Å²) in [6.45, 7) is 10.2. The van der Waals surface area contributed by atoms with Gasteiger partial charge in [0.2, 0.25) is 5.91 Å². The van der Waals surface area contributed by atoms with Crippen LogP contribution in [0.2, 0.25) is 0 Å². The number of hydrogen-bond acceptors (Lipinski definition) is 5. The maximum absolute atomic E-state index is 13.0. The molecule has 2 aromatic carbocycles. The monoisotopic (exact) mass is 489 g/mol. The van der Waals surface area contributed by atoms with Crippen LogP contribution in [0.1, 0.15) is 36.1 Å². The molecule has 1 atom stereocenters. The van der Waals surface area contributed by atoms with Gasteiger partial charge in [-0.1, -0.05) is 38.1 Å². The standard InChI is InChI=1S/C26H39N3O4S/c1-19(2)27-16-22-8-10-23(11-9-22)17-28(5)25(30)18-33-13-12-29(6)34(31)26-20(3)14-24(32-7)15-21(26)4/h8-11,14-15,19,27H,12-13,16-18H2,1-7H3. The number of carbonyl (C=O) groups is 1. The van der Waals surface area contributed by atoms with Crippen LogP contribution >= 0.6 is 0 Å². The summed E-state index contributed by atoms with van der Waals surface area (Å²) < 4.78 is 25.6. The summed E-state index contributed by atoms with van der Waals surface area (Å²) in [5.41, 5.74) is 4.13. The van der Waals surface area contributed by atoms with Gasteiger partial charge in [0, 0.05) is 39.8 Å². The second-order valence-corrected chi connectivity index (χ2v) is 10.4. The first-order chi connectivity index (χ1) is 16.1. The molecule has 0 aliphatic heterocycles. The molecule has 188 valence electrons. The number of rotatable bonds is 13. The molecule has 0 saturated carbocycles. The number of nitrogens with one attached hydrogen (secondary N) is 1. The fourth-order valence-corrected chi connectivity index (χ4v) is 4.67. The van der Waals surface area contributed by atoms with E-state index in [1.165, 1.54) is 5.56 Å². The van der Waals surface area contributed by atoms with Gasteiger partial charge in [-0.05, 0) is 48.2 Å². The third-order valence-corrected chi connectivity index (χ3v) is 7.23. The van der Waals surface area contributed by atoms with Crippen molar-refractivity contribution in [2.45, 2.75) is 51.7 Å². The first-order valence-corrected chi connectivity index (χ1v) is 12.6. The summed E-state index contributed by atoms with van der Waals surface area (Å²) in [5, 5.41) is 3.39. The molecule has 1 N–H and O–H groups in total. The van der Waals surface area contributed by atoms with Gasteiger partial charge in [0.1, 0.15) is 23.3 Å². The smallest absolute Gasteiger partial charge is 0.248 e. The molecule has 2 aromatic rings. The van der Waals surface area contributed by atoms with Crippen molar-refractivity contribution in [1.29, 1.82) is 0 Å². The predicted octanol–water partition coefficient (Wildman–Crippen LogP) is 3.44. The molecule has 0 spiro atoms. The van der Waals surface area contributed by atoms with E-state index >= 15 is 0 Å². The molecule has 0 radical (unpaired) electrons. The first kappa shape index (κ1) is 28.0. The molecule has 0 aliphatic rings. The SMILES string of the molecule is COc1cc(C)c(S(=O)N(C)CCOCC(=O)N(C)Cc2ccc(CNC(C)C)cc2)c(C)c1. The van der Waals surface area contributed by atoms with E-state index in [0.717, 1.165) is 33.9 Å². The van der Waals surface area contributed by atoms with E-state index in [4.69, 9.17) is 9.47 Å². The highest BCUT2D eigenvalue weighted by Crippen LogP contribution is 2.25. The van der Waals surface area contributed by atoms with Crippen molar-refractivity contribution < 1.29 is 18.5 Å². The number of ether oxygens (including phenoxy) is 2. The van der Waals surface area contributed by atoms with Crippen LogP contribution in [0, 0.1) is 13.8 Å². The summed E-state index contributed by atoms with van der Waals surface area (Å²) in [6.07, 6.45) is 0. The summed E-state index contributed by atoms with van der Waals surface area (Å²) in [6, 6.07) is 12.5. The Morgan fingerprint density at radius 1 is 1.06 bits per heavy atom. The normalized spacial score (nSPS) is 12.3. The number of benzene rings is 2. The van der Waals surface area contributed by atoms with Crippen LogP contribution in [0.15, 0.2) is 41.3 Å². The van der Waals surface area contributed by atoms with E-state index in [-0.39, 0.29) is 12.5 Å². The van der Waals surface area contributed by atoms with Crippen molar-refractivity contribution in [3.05, 3.63) is 58.7 Å². The maximum Gasteiger partial charge on any atom is 0.248 e. The van der Waals surface area contributed by atoms with Crippen molar-refractivity contribution in [2.75, 3.05) is 41.0 Å². The molecule has 1 unspecified atom stereocenters. The summed E-state index contributed by atoms with van der Waals surface area (Å²) in [5.74, 6) is 0.666. The van der Waals surface area contributed by atoms with Gasteiger partial charge in [0.25, 0.3) is 0 Å². The minimum atomic E-state index is -1.32. The van der Waals surface area contributed by atoms with Crippen LogP contribution < -0.4 is 10.1 Å². The molecule has 7 nitrogen and oxygen atoms in total. The lowest BCUT2D eigenvalue weighted by atomic mass is 10.1. The molecular formula is C26H39N3O4S. The second-order valence-electron chi connectivity index (χ2n) is 8.85. The molecule has 0 bridgehead atoms. The fraction of sp³-hybridized carbons (Fsp3) is 0.500. The molecule has 1 amide bonds. The molecule has 0 aliphatic carbocycles. The van der Waals surface area contributed by atoms with Crippen LogP contribution in [0.4, 0.5) is 0 Å². The lowest BCUT2D eigenvalue weighted by Crippen LogP contribution is -2.32. The van der Waals surface area contributed by atoms with E-state index in [9.17, 15) is 9.00 Å². The molecule has 0 fully saturated rings. The van der Waals surface area contributed by atoms with Crippen molar-refractivity contribution >= 4 is 16.9 Å². The van der Waals surface area contributed by atoms with Crippen LogP contribution in [0.25, 0.3) is 0 Å². The first-order valence-electron chi connectivity index (χ1n) is 11.5. The molecule has 8 heteroatoms. The van der Waals surface area contributed by atoms with Gasteiger partial charge in [-0.2, -0.15) is 0 Å². The van der Waals surface area contributed by atoms with Crippen LogP contribution in [0.3, 0.4) is 0 Å². The van der Waals surface area contributed by atoms with Gasteiger partial charge in [-0.15, -0.1) is 0 Å². The Morgan fingerprint density at radius 2 is 1.65 bits per heavy atom. The van der Waals surface area contributed by atoms with Crippen LogP contribution in [-0.4, -0.2) is 66.3 Å². The number of carbonyl (C=O) groups excluding carboxylic acids is 1. The molecule has 0 aromatic heterocycles. The number of likely N-dealkylation sites (N-methyl/N-ethyl adjacent to an activating group) is 2. The van der Waals surface area contributed by atoms with E-state index in [1.807, 2.05) is 26.0 Å². The largest absolute Gasteiger partial charge is 0.497 e. The minimum absolute atomic E-state index is 0.00599. The highest BCUT2D eigenvalue weighted by molar-refractivity contribution is 7.82. The van der Waals surface area contributed by atoms with Gasteiger partial charge in [-0.25, -0.2) is 8.51 Å². The number of nitrogens with zero attached hydrogens (tertiary/aromatic N) is 2. The Bertz CT molecular complexity index is 940. The molecule has 0 saturated heterocycles. The Balaban J connectivity index is 1.76. The molecule has 34 heavy (non-hydrogen) atoms. The van der Waals surface area contributed by atoms with Crippen LogP contribution in [-0.2, 0) is 33.6 Å². The summed E-state index contributed by atoms with van der Waals surface area (Å²) >= 11 is 0. The van der Waals surface area contributed by atoms with Gasteiger partial charge >= 0.3 is 0 Å². The Hall–Kier alpha value is -2.26. The topological polar surface area (TPSA) is 71.1 Å². The maximum atomic E-state index is 13.0. The minimum Gasteiger partial charge on any atom is -0.497 e. The fourth-order valence-electron chi connectivity index (χ4n) is 3.45. The molecule has 2 rings (SSSR count). The zero-order chi connectivity index (χ0) is 25.3. The number of aryl methyl sites for hydroxylation is 2.